The van der Waals surface area contributed by atoms with Crippen LogP contribution in [0.3, 0.4) is 0 Å². The lowest BCUT2D eigenvalue weighted by Gasteiger charge is -2.10. The molecular weight excluding hydrogens is 344 g/mol. The highest BCUT2D eigenvalue weighted by atomic mass is 79.9. The minimum Gasteiger partial charge on any atom is -0.482 e. The van der Waals surface area contributed by atoms with E-state index in [1.54, 1.807) is 32.0 Å². The van der Waals surface area contributed by atoms with Crippen molar-refractivity contribution >= 4 is 27.9 Å². The van der Waals surface area contributed by atoms with Gasteiger partial charge >= 0.3 is 11.9 Å². The number of carbonyl (C=O) groups is 2. The Morgan fingerprint density at radius 1 is 1.00 bits per heavy atom. The third kappa shape index (κ3) is 6.48. The van der Waals surface area contributed by atoms with Crippen LogP contribution in [0.4, 0.5) is 0 Å². The summed E-state index contributed by atoms with van der Waals surface area (Å²) in [4.78, 5) is 22.4. The number of ether oxygens (including phenoxy) is 4. The van der Waals surface area contributed by atoms with Crippen LogP contribution in [0, 0.1) is 0 Å². The van der Waals surface area contributed by atoms with Crippen LogP contribution in [0.1, 0.15) is 13.8 Å². The van der Waals surface area contributed by atoms with E-state index in [2.05, 4.69) is 15.9 Å². The fourth-order valence-corrected chi connectivity index (χ4v) is 1.84. The van der Waals surface area contributed by atoms with Gasteiger partial charge in [0.1, 0.15) is 11.5 Å². The average molecular weight is 361 g/mol. The van der Waals surface area contributed by atoms with Crippen molar-refractivity contribution in [3.8, 4) is 11.5 Å². The molecule has 0 amide bonds. The van der Waals surface area contributed by atoms with E-state index in [4.69, 9.17) is 18.9 Å². The van der Waals surface area contributed by atoms with Crippen molar-refractivity contribution in [3.05, 3.63) is 22.7 Å². The molecule has 0 aliphatic heterocycles. The van der Waals surface area contributed by atoms with E-state index in [0.717, 1.165) is 0 Å². The second-order valence-corrected chi connectivity index (χ2v) is 4.63. The summed E-state index contributed by atoms with van der Waals surface area (Å²) in [5, 5.41) is 0. The normalized spacial score (nSPS) is 9.86. The molecule has 6 nitrogen and oxygen atoms in total. The molecule has 0 N–H and O–H groups in total. The van der Waals surface area contributed by atoms with E-state index in [0.29, 0.717) is 29.2 Å². The van der Waals surface area contributed by atoms with Gasteiger partial charge in [-0.05, 0) is 48.0 Å². The van der Waals surface area contributed by atoms with Gasteiger partial charge in [-0.15, -0.1) is 0 Å². The zero-order chi connectivity index (χ0) is 15.7. The second kappa shape index (κ2) is 9.23. The Morgan fingerprint density at radius 3 is 2.10 bits per heavy atom. The van der Waals surface area contributed by atoms with Crippen molar-refractivity contribution in [1.82, 2.24) is 0 Å². The molecule has 0 saturated heterocycles. The first-order valence-corrected chi connectivity index (χ1v) is 7.22. The smallest absolute Gasteiger partial charge is 0.344 e. The van der Waals surface area contributed by atoms with Crippen LogP contribution in [-0.2, 0) is 19.1 Å². The summed E-state index contributed by atoms with van der Waals surface area (Å²) >= 11 is 3.30. The van der Waals surface area contributed by atoms with Crippen LogP contribution in [0.15, 0.2) is 22.7 Å². The van der Waals surface area contributed by atoms with Gasteiger partial charge < -0.3 is 18.9 Å². The predicted molar refractivity (Wildman–Crippen MR) is 78.4 cm³/mol. The Morgan fingerprint density at radius 2 is 1.57 bits per heavy atom. The van der Waals surface area contributed by atoms with Crippen LogP contribution in [0.25, 0.3) is 0 Å². The van der Waals surface area contributed by atoms with Crippen molar-refractivity contribution in [2.24, 2.45) is 0 Å². The van der Waals surface area contributed by atoms with Gasteiger partial charge in [0, 0.05) is 0 Å². The molecule has 0 unspecified atom stereocenters. The molecule has 21 heavy (non-hydrogen) atoms. The summed E-state index contributed by atoms with van der Waals surface area (Å²) < 4.78 is 20.7. The number of rotatable bonds is 8. The predicted octanol–water partition coefficient (Wildman–Crippen LogP) is 2.33. The van der Waals surface area contributed by atoms with Gasteiger partial charge in [0.25, 0.3) is 0 Å². The third-order valence-corrected chi connectivity index (χ3v) is 2.84. The quantitative estimate of drug-likeness (QED) is 0.662. The first-order chi connectivity index (χ1) is 10.1. The number of halogens is 1. The topological polar surface area (TPSA) is 71.1 Å². The van der Waals surface area contributed by atoms with E-state index < -0.39 is 11.9 Å². The number of benzene rings is 1. The molecule has 1 rings (SSSR count). The van der Waals surface area contributed by atoms with Gasteiger partial charge in [-0.3, -0.25) is 0 Å². The molecule has 0 atom stereocenters. The molecule has 1 aromatic rings. The van der Waals surface area contributed by atoms with E-state index in [1.165, 1.54) is 0 Å². The van der Waals surface area contributed by atoms with Crippen LogP contribution in [0.5, 0.6) is 11.5 Å². The van der Waals surface area contributed by atoms with E-state index >= 15 is 0 Å². The fourth-order valence-electron chi connectivity index (χ4n) is 1.37. The maximum absolute atomic E-state index is 11.2. The van der Waals surface area contributed by atoms with E-state index in [1.807, 2.05) is 0 Å². The second-order valence-electron chi connectivity index (χ2n) is 3.78. The van der Waals surface area contributed by atoms with Gasteiger partial charge in [-0.2, -0.15) is 0 Å². The Kier molecular flexibility index (Phi) is 7.60. The fraction of sp³-hybridized carbons (Fsp3) is 0.429. The largest absolute Gasteiger partial charge is 0.482 e. The molecule has 0 aliphatic rings. The van der Waals surface area contributed by atoms with Crippen LogP contribution >= 0.6 is 15.9 Å². The minimum absolute atomic E-state index is 0.163. The van der Waals surface area contributed by atoms with Gasteiger partial charge in [-0.1, -0.05) is 0 Å². The summed E-state index contributed by atoms with van der Waals surface area (Å²) in [6.45, 7) is 3.74. The van der Waals surface area contributed by atoms with Crippen molar-refractivity contribution in [1.29, 1.82) is 0 Å². The van der Waals surface area contributed by atoms with Crippen LogP contribution in [0.2, 0.25) is 0 Å². The Hall–Kier alpha value is -1.76. The molecule has 0 aliphatic carbocycles. The highest BCUT2D eigenvalue weighted by molar-refractivity contribution is 9.10. The van der Waals surface area contributed by atoms with Gasteiger partial charge in [0.05, 0.1) is 17.7 Å². The summed E-state index contributed by atoms with van der Waals surface area (Å²) in [5.41, 5.74) is 0. The van der Waals surface area contributed by atoms with Crippen molar-refractivity contribution < 1.29 is 28.5 Å². The standard InChI is InChI=1S/C14H17BrO6/c1-3-18-13(16)8-20-10-5-6-12(11(15)7-10)21-9-14(17)19-4-2/h5-7H,3-4,8-9H2,1-2H3. The molecule has 1 aromatic carbocycles. The van der Waals surface area contributed by atoms with Crippen molar-refractivity contribution in [2.45, 2.75) is 13.8 Å². The van der Waals surface area contributed by atoms with Gasteiger partial charge in [0.15, 0.2) is 13.2 Å². The molecule has 7 heteroatoms. The molecule has 0 saturated carbocycles. The minimum atomic E-state index is -0.438. The van der Waals surface area contributed by atoms with Crippen molar-refractivity contribution in [2.75, 3.05) is 26.4 Å². The number of hydrogen-bond acceptors (Lipinski definition) is 6. The first kappa shape index (κ1) is 17.3. The Balaban J connectivity index is 2.51. The summed E-state index contributed by atoms with van der Waals surface area (Å²) in [5.74, 6) is 0.0910. The maximum Gasteiger partial charge on any atom is 0.344 e. The van der Waals surface area contributed by atoms with Crippen LogP contribution in [-0.4, -0.2) is 38.4 Å². The SMILES string of the molecule is CCOC(=O)COc1ccc(OCC(=O)OCC)c(Br)c1. The van der Waals surface area contributed by atoms with Gasteiger partial charge in [-0.25, -0.2) is 9.59 Å². The summed E-state index contributed by atoms with van der Waals surface area (Å²) in [6, 6.07) is 4.90. The molecule has 0 heterocycles. The van der Waals surface area contributed by atoms with Crippen molar-refractivity contribution in [3.63, 3.8) is 0 Å². The molecular formula is C14H17BrO6. The lowest BCUT2D eigenvalue weighted by molar-refractivity contribution is -0.146. The number of hydrogen-bond donors (Lipinski definition) is 0. The van der Waals surface area contributed by atoms with E-state index in [9.17, 15) is 9.59 Å². The number of esters is 2. The molecule has 0 fully saturated rings. The summed E-state index contributed by atoms with van der Waals surface area (Å²) in [7, 11) is 0. The van der Waals surface area contributed by atoms with Crippen LogP contribution < -0.4 is 9.47 Å². The Labute approximate surface area is 131 Å². The Bertz CT molecular complexity index is 488. The molecule has 0 spiro atoms. The highest BCUT2D eigenvalue weighted by Crippen LogP contribution is 2.29. The molecule has 0 radical (unpaired) electrons. The lowest BCUT2D eigenvalue weighted by atomic mass is 10.3. The number of carbonyl (C=O) groups excluding carboxylic acids is 2. The monoisotopic (exact) mass is 360 g/mol. The molecule has 0 aromatic heterocycles. The third-order valence-electron chi connectivity index (χ3n) is 2.22. The van der Waals surface area contributed by atoms with E-state index in [-0.39, 0.29) is 13.2 Å². The molecule has 0 bridgehead atoms. The average Bonchev–Trinajstić information content (AvgIpc) is 2.45. The van der Waals surface area contributed by atoms with Gasteiger partial charge in [0.2, 0.25) is 0 Å². The first-order valence-electron chi connectivity index (χ1n) is 6.43. The summed E-state index contributed by atoms with van der Waals surface area (Å²) in [6.07, 6.45) is 0. The zero-order valence-electron chi connectivity index (χ0n) is 11.9. The maximum atomic E-state index is 11.2. The lowest BCUT2D eigenvalue weighted by Crippen LogP contribution is -2.15. The highest BCUT2D eigenvalue weighted by Gasteiger charge is 2.09. The molecule has 116 valence electrons. The zero-order valence-corrected chi connectivity index (χ0v) is 13.5.